The van der Waals surface area contributed by atoms with Gasteiger partial charge in [-0.25, -0.2) is 4.79 Å². The molecule has 1 aromatic carbocycles. The zero-order chi connectivity index (χ0) is 17.4. The Morgan fingerprint density at radius 2 is 1.62 bits per heavy atom. The molecule has 0 spiro atoms. The summed E-state index contributed by atoms with van der Waals surface area (Å²) < 4.78 is 0. The number of benzene rings is 1. The normalized spacial score (nSPS) is 17.3. The number of aliphatic hydroxyl groups is 1. The standard InChI is InChI=1S/C19H31N3O2/c1-22(2)14-17-9-7-16(8-10-17)13-20-18(23)21-15-19(24)11-5-3-4-6-12-19/h7-10,24H,3-6,11-15H2,1-2H3,(H2,20,21,23). The highest BCUT2D eigenvalue weighted by Crippen LogP contribution is 2.26. The molecule has 5 heteroatoms. The Balaban J connectivity index is 1.72. The Morgan fingerprint density at radius 3 is 2.21 bits per heavy atom. The summed E-state index contributed by atoms with van der Waals surface area (Å²) in [6, 6.07) is 8.03. The second-order valence-electron chi connectivity index (χ2n) is 7.23. The third-order valence-corrected chi connectivity index (χ3v) is 4.59. The Bertz CT molecular complexity index is 506. The van der Waals surface area contributed by atoms with E-state index in [1.54, 1.807) is 0 Å². The van der Waals surface area contributed by atoms with Crippen LogP contribution in [0.2, 0.25) is 0 Å². The van der Waals surface area contributed by atoms with Gasteiger partial charge in [0.15, 0.2) is 0 Å². The van der Waals surface area contributed by atoms with Gasteiger partial charge in [-0.15, -0.1) is 0 Å². The van der Waals surface area contributed by atoms with Gasteiger partial charge in [-0.05, 0) is 38.1 Å². The lowest BCUT2D eigenvalue weighted by Gasteiger charge is -2.26. The first-order chi connectivity index (χ1) is 11.5. The lowest BCUT2D eigenvalue weighted by molar-refractivity contribution is 0.0277. The quantitative estimate of drug-likeness (QED) is 0.701. The largest absolute Gasteiger partial charge is 0.388 e. The summed E-state index contributed by atoms with van der Waals surface area (Å²) >= 11 is 0. The summed E-state index contributed by atoms with van der Waals surface area (Å²) in [5, 5.41) is 16.2. The molecule has 0 bridgehead atoms. The molecule has 2 amide bonds. The Kier molecular flexibility index (Phi) is 7.06. The van der Waals surface area contributed by atoms with E-state index in [1.165, 1.54) is 18.4 Å². The number of carbonyl (C=O) groups is 1. The Labute approximate surface area is 145 Å². The Morgan fingerprint density at radius 1 is 1.04 bits per heavy atom. The first-order valence-corrected chi connectivity index (χ1v) is 8.93. The van der Waals surface area contributed by atoms with Gasteiger partial charge in [-0.1, -0.05) is 49.9 Å². The summed E-state index contributed by atoms with van der Waals surface area (Å²) in [5.74, 6) is 0. The van der Waals surface area contributed by atoms with Gasteiger partial charge < -0.3 is 20.6 Å². The summed E-state index contributed by atoms with van der Waals surface area (Å²) in [7, 11) is 4.09. The number of hydrogen-bond acceptors (Lipinski definition) is 3. The van der Waals surface area contributed by atoms with Gasteiger partial charge in [0.1, 0.15) is 0 Å². The monoisotopic (exact) mass is 333 g/mol. The van der Waals surface area contributed by atoms with Gasteiger partial charge in [-0.2, -0.15) is 0 Å². The van der Waals surface area contributed by atoms with Crippen LogP contribution in [0.3, 0.4) is 0 Å². The van der Waals surface area contributed by atoms with Crippen LogP contribution in [0.15, 0.2) is 24.3 Å². The zero-order valence-corrected chi connectivity index (χ0v) is 15.0. The fraction of sp³-hybridized carbons (Fsp3) is 0.632. The number of amides is 2. The summed E-state index contributed by atoms with van der Waals surface area (Å²) in [4.78, 5) is 14.1. The highest BCUT2D eigenvalue weighted by atomic mass is 16.3. The predicted molar refractivity (Wildman–Crippen MR) is 96.7 cm³/mol. The number of rotatable bonds is 6. The SMILES string of the molecule is CN(C)Cc1ccc(CNC(=O)NCC2(O)CCCCCC2)cc1. The van der Waals surface area contributed by atoms with Crippen molar-refractivity contribution in [2.45, 2.75) is 57.2 Å². The number of nitrogens with one attached hydrogen (secondary N) is 2. The van der Waals surface area contributed by atoms with E-state index in [4.69, 9.17) is 0 Å². The number of hydrogen-bond donors (Lipinski definition) is 3. The van der Waals surface area contributed by atoms with Crippen molar-refractivity contribution >= 4 is 6.03 Å². The van der Waals surface area contributed by atoms with E-state index in [1.807, 2.05) is 26.2 Å². The second kappa shape index (κ2) is 9.04. The van der Waals surface area contributed by atoms with Crippen molar-refractivity contribution in [1.29, 1.82) is 0 Å². The first kappa shape index (κ1) is 18.7. The number of nitrogens with zero attached hydrogens (tertiary/aromatic N) is 1. The van der Waals surface area contributed by atoms with Crippen LogP contribution in [0.25, 0.3) is 0 Å². The molecule has 24 heavy (non-hydrogen) atoms. The highest BCUT2D eigenvalue weighted by molar-refractivity contribution is 5.73. The van der Waals surface area contributed by atoms with Crippen LogP contribution >= 0.6 is 0 Å². The molecule has 0 heterocycles. The minimum absolute atomic E-state index is 0.218. The molecule has 1 aliphatic rings. The zero-order valence-electron chi connectivity index (χ0n) is 15.0. The minimum Gasteiger partial charge on any atom is -0.388 e. The molecular weight excluding hydrogens is 302 g/mol. The van der Waals surface area contributed by atoms with E-state index in [9.17, 15) is 9.90 Å². The molecular formula is C19H31N3O2. The lowest BCUT2D eigenvalue weighted by atomic mass is 9.95. The van der Waals surface area contributed by atoms with E-state index in [2.05, 4.69) is 27.7 Å². The summed E-state index contributed by atoms with van der Waals surface area (Å²) in [5.41, 5.74) is 1.59. The van der Waals surface area contributed by atoms with E-state index >= 15 is 0 Å². The van der Waals surface area contributed by atoms with E-state index < -0.39 is 5.60 Å². The van der Waals surface area contributed by atoms with Crippen LogP contribution in [0.1, 0.15) is 49.7 Å². The van der Waals surface area contributed by atoms with E-state index in [-0.39, 0.29) is 6.03 Å². The van der Waals surface area contributed by atoms with Gasteiger partial charge in [0, 0.05) is 19.6 Å². The maximum atomic E-state index is 12.0. The van der Waals surface area contributed by atoms with Crippen molar-refractivity contribution in [2.24, 2.45) is 0 Å². The molecule has 134 valence electrons. The molecule has 0 saturated heterocycles. The van der Waals surface area contributed by atoms with Crippen molar-refractivity contribution in [3.63, 3.8) is 0 Å². The maximum absolute atomic E-state index is 12.0. The van der Waals surface area contributed by atoms with Gasteiger partial charge >= 0.3 is 6.03 Å². The average Bonchev–Trinajstić information content (AvgIpc) is 2.77. The van der Waals surface area contributed by atoms with Crippen LogP contribution in [0, 0.1) is 0 Å². The lowest BCUT2D eigenvalue weighted by Crippen LogP contribution is -2.46. The highest BCUT2D eigenvalue weighted by Gasteiger charge is 2.28. The minimum atomic E-state index is -0.734. The smallest absolute Gasteiger partial charge is 0.315 e. The van der Waals surface area contributed by atoms with Crippen LogP contribution in [-0.2, 0) is 13.1 Å². The van der Waals surface area contributed by atoms with Gasteiger partial charge in [0.2, 0.25) is 0 Å². The molecule has 0 aliphatic heterocycles. The van der Waals surface area contributed by atoms with Crippen LogP contribution in [-0.4, -0.2) is 42.3 Å². The fourth-order valence-electron chi connectivity index (χ4n) is 3.18. The van der Waals surface area contributed by atoms with Crippen LogP contribution < -0.4 is 10.6 Å². The number of urea groups is 1. The molecule has 3 N–H and O–H groups in total. The van der Waals surface area contributed by atoms with Gasteiger partial charge in [0.25, 0.3) is 0 Å². The van der Waals surface area contributed by atoms with E-state index in [0.717, 1.165) is 37.8 Å². The average molecular weight is 333 g/mol. The number of carbonyl (C=O) groups excluding carboxylic acids is 1. The first-order valence-electron chi connectivity index (χ1n) is 8.93. The van der Waals surface area contributed by atoms with E-state index in [0.29, 0.717) is 13.1 Å². The Hall–Kier alpha value is -1.59. The summed E-state index contributed by atoms with van der Waals surface area (Å²) in [6.07, 6.45) is 6.00. The maximum Gasteiger partial charge on any atom is 0.315 e. The molecule has 5 nitrogen and oxygen atoms in total. The molecule has 0 radical (unpaired) electrons. The molecule has 1 saturated carbocycles. The van der Waals surface area contributed by atoms with Crippen LogP contribution in [0.4, 0.5) is 4.79 Å². The van der Waals surface area contributed by atoms with Gasteiger partial charge in [0.05, 0.1) is 5.60 Å². The predicted octanol–water partition coefficient (Wildman–Crippen LogP) is 2.63. The van der Waals surface area contributed by atoms with Crippen molar-refractivity contribution in [2.75, 3.05) is 20.6 Å². The molecule has 0 aromatic heterocycles. The molecule has 0 atom stereocenters. The van der Waals surface area contributed by atoms with Gasteiger partial charge in [-0.3, -0.25) is 0 Å². The van der Waals surface area contributed by atoms with Crippen molar-refractivity contribution in [3.8, 4) is 0 Å². The second-order valence-corrected chi connectivity index (χ2v) is 7.23. The van der Waals surface area contributed by atoms with Crippen LogP contribution in [0.5, 0.6) is 0 Å². The van der Waals surface area contributed by atoms with Crippen molar-refractivity contribution in [3.05, 3.63) is 35.4 Å². The third kappa shape index (κ3) is 6.49. The summed E-state index contributed by atoms with van der Waals surface area (Å²) in [6.45, 7) is 1.74. The molecule has 1 aromatic rings. The molecule has 1 fully saturated rings. The molecule has 2 rings (SSSR count). The van der Waals surface area contributed by atoms with Crippen molar-refractivity contribution in [1.82, 2.24) is 15.5 Å². The molecule has 1 aliphatic carbocycles. The fourth-order valence-corrected chi connectivity index (χ4v) is 3.18. The molecule has 0 unspecified atom stereocenters. The third-order valence-electron chi connectivity index (χ3n) is 4.59. The topological polar surface area (TPSA) is 64.6 Å². The van der Waals surface area contributed by atoms with Crippen molar-refractivity contribution < 1.29 is 9.90 Å².